The molecule has 1 rings (SSSR count). The van der Waals surface area contributed by atoms with E-state index in [9.17, 15) is 4.79 Å². The molecule has 1 aromatic carbocycles. The van der Waals surface area contributed by atoms with Crippen molar-refractivity contribution in [3.05, 3.63) is 29.8 Å². The van der Waals surface area contributed by atoms with Crippen LogP contribution in [0.5, 0.6) is 0 Å². The second-order valence-corrected chi connectivity index (χ2v) is 4.17. The summed E-state index contributed by atoms with van der Waals surface area (Å²) in [6, 6.07) is 7.56. The zero-order valence-corrected chi connectivity index (χ0v) is 12.4. The first-order valence-corrected chi connectivity index (χ1v) is 6.74. The Balaban J connectivity index is 0.00000154. The summed E-state index contributed by atoms with van der Waals surface area (Å²) in [6.45, 7) is 6.99. The van der Waals surface area contributed by atoms with Gasteiger partial charge >= 0.3 is 0 Å². The minimum absolute atomic E-state index is 0.00421. The molecule has 0 aliphatic rings. The number of anilines is 1. The van der Waals surface area contributed by atoms with Crippen molar-refractivity contribution in [3.63, 3.8) is 0 Å². The van der Waals surface area contributed by atoms with Gasteiger partial charge in [0, 0.05) is 32.4 Å². The van der Waals surface area contributed by atoms with Gasteiger partial charge in [-0.25, -0.2) is 0 Å². The molecule has 0 saturated heterocycles. The molecule has 4 nitrogen and oxygen atoms in total. The minimum atomic E-state index is -0.00421. The third-order valence-electron chi connectivity index (χ3n) is 2.50. The molecule has 0 aliphatic heterocycles. The maximum Gasteiger partial charge on any atom is 0.224 e. The van der Waals surface area contributed by atoms with Gasteiger partial charge in [-0.15, -0.1) is 0 Å². The lowest BCUT2D eigenvalue weighted by Gasteiger charge is -2.12. The van der Waals surface area contributed by atoms with E-state index in [0.717, 1.165) is 11.3 Å². The van der Waals surface area contributed by atoms with Crippen molar-refractivity contribution in [3.8, 4) is 0 Å². The number of nitrogens with two attached hydrogens (primary N) is 1. The second-order valence-electron chi connectivity index (χ2n) is 4.17. The Labute approximate surface area is 116 Å². The molecule has 0 radical (unpaired) electrons. The van der Waals surface area contributed by atoms with Crippen LogP contribution in [0.25, 0.3) is 0 Å². The molecule has 0 heterocycles. The van der Waals surface area contributed by atoms with Gasteiger partial charge in [0.1, 0.15) is 0 Å². The highest BCUT2D eigenvalue weighted by Gasteiger charge is 2.10. The van der Waals surface area contributed by atoms with Crippen LogP contribution in [0.2, 0.25) is 0 Å². The average molecular weight is 266 g/mol. The minimum Gasteiger partial charge on any atom is -0.384 e. The van der Waals surface area contributed by atoms with Crippen LogP contribution in [-0.4, -0.2) is 19.6 Å². The van der Waals surface area contributed by atoms with Gasteiger partial charge in [0.2, 0.25) is 5.91 Å². The number of para-hydroxylation sites is 1. The zero-order chi connectivity index (χ0) is 14.7. The summed E-state index contributed by atoms with van der Waals surface area (Å²) in [5.41, 5.74) is 7.34. The fourth-order valence-corrected chi connectivity index (χ4v) is 1.68. The number of benzene rings is 1. The molecule has 1 atom stereocenters. The molecule has 108 valence electrons. The fraction of sp³-hybridized carbons (Fsp3) is 0.533. The summed E-state index contributed by atoms with van der Waals surface area (Å²) < 4.78 is 5.00. The number of amides is 1. The largest absolute Gasteiger partial charge is 0.384 e. The smallest absolute Gasteiger partial charge is 0.224 e. The molecule has 1 unspecified atom stereocenters. The highest BCUT2D eigenvalue weighted by molar-refractivity contribution is 5.91. The highest BCUT2D eigenvalue weighted by Crippen LogP contribution is 2.15. The first-order valence-electron chi connectivity index (χ1n) is 6.74. The van der Waals surface area contributed by atoms with Crippen molar-refractivity contribution in [1.29, 1.82) is 0 Å². The molecule has 0 aliphatic carbocycles. The Bertz CT molecular complexity index is 367. The molecule has 1 aromatic rings. The van der Waals surface area contributed by atoms with E-state index in [1.807, 2.05) is 45.0 Å². The summed E-state index contributed by atoms with van der Waals surface area (Å²) in [5.74, 6) is 0.209. The van der Waals surface area contributed by atoms with Crippen LogP contribution in [0.4, 0.5) is 5.69 Å². The number of carbonyl (C=O) groups is 1. The van der Waals surface area contributed by atoms with E-state index in [-0.39, 0.29) is 11.8 Å². The summed E-state index contributed by atoms with van der Waals surface area (Å²) in [5, 5.41) is 2.88. The predicted molar refractivity (Wildman–Crippen MR) is 80.0 cm³/mol. The lowest BCUT2D eigenvalue weighted by Crippen LogP contribution is -2.18. The van der Waals surface area contributed by atoms with Gasteiger partial charge in [-0.2, -0.15) is 0 Å². The Hall–Kier alpha value is -1.39. The summed E-state index contributed by atoms with van der Waals surface area (Å²) in [7, 11) is 1.64. The molecule has 1 amide bonds. The van der Waals surface area contributed by atoms with Crippen LogP contribution in [-0.2, 0) is 16.1 Å². The Kier molecular flexibility index (Phi) is 9.75. The summed E-state index contributed by atoms with van der Waals surface area (Å²) in [4.78, 5) is 11.8. The Morgan fingerprint density at radius 1 is 1.37 bits per heavy atom. The maximum atomic E-state index is 11.8. The molecule has 0 aromatic heterocycles. The number of hydrogen-bond donors (Lipinski definition) is 2. The maximum absolute atomic E-state index is 11.8. The first kappa shape index (κ1) is 17.6. The van der Waals surface area contributed by atoms with E-state index in [1.165, 1.54) is 0 Å². The predicted octanol–water partition coefficient (Wildman–Crippen LogP) is 2.78. The topological polar surface area (TPSA) is 64.3 Å². The normalized spacial score (nSPS) is 11.2. The van der Waals surface area contributed by atoms with E-state index in [4.69, 9.17) is 10.5 Å². The molecular weight excluding hydrogens is 240 g/mol. The summed E-state index contributed by atoms with van der Waals surface area (Å²) >= 11 is 0. The van der Waals surface area contributed by atoms with E-state index in [2.05, 4.69) is 5.32 Å². The van der Waals surface area contributed by atoms with Crippen molar-refractivity contribution in [1.82, 2.24) is 0 Å². The highest BCUT2D eigenvalue weighted by atomic mass is 16.5. The van der Waals surface area contributed by atoms with Gasteiger partial charge in [0.05, 0.1) is 0 Å². The third kappa shape index (κ3) is 6.94. The van der Waals surface area contributed by atoms with Crippen LogP contribution in [0, 0.1) is 5.92 Å². The lowest BCUT2D eigenvalue weighted by atomic mass is 10.1. The molecule has 0 fully saturated rings. The average Bonchev–Trinajstić information content (AvgIpc) is 2.41. The first-order chi connectivity index (χ1) is 9.17. The molecule has 0 spiro atoms. The standard InChI is InChI=1S/C13H20N2O2.C2H6/c1-10(9-17-2)7-13(16)15-12-6-4-3-5-11(12)8-14;1-2/h3-6,10H,7-9,14H2,1-2H3,(H,15,16);1-2H3. The lowest BCUT2D eigenvalue weighted by molar-refractivity contribution is -0.117. The van der Waals surface area contributed by atoms with Gasteiger partial charge in [-0.05, 0) is 17.5 Å². The van der Waals surface area contributed by atoms with Crippen LogP contribution >= 0.6 is 0 Å². The van der Waals surface area contributed by atoms with E-state index < -0.39 is 0 Å². The molecule has 4 heteroatoms. The third-order valence-corrected chi connectivity index (χ3v) is 2.50. The number of ether oxygens (including phenoxy) is 1. The number of nitrogens with one attached hydrogen (secondary N) is 1. The van der Waals surface area contributed by atoms with Gasteiger partial charge in [0.25, 0.3) is 0 Å². The molecule has 19 heavy (non-hydrogen) atoms. The number of hydrogen-bond acceptors (Lipinski definition) is 3. The van der Waals surface area contributed by atoms with Crippen LogP contribution in [0.3, 0.4) is 0 Å². The zero-order valence-electron chi connectivity index (χ0n) is 12.4. The SMILES string of the molecule is CC.COCC(C)CC(=O)Nc1ccccc1CN. The molecule has 3 N–H and O–H groups in total. The van der Waals surface area contributed by atoms with Crippen molar-refractivity contribution < 1.29 is 9.53 Å². The molecular formula is C15H26N2O2. The number of rotatable bonds is 6. The second kappa shape index (κ2) is 10.5. The van der Waals surface area contributed by atoms with Crippen molar-refractivity contribution in [2.45, 2.75) is 33.7 Å². The van der Waals surface area contributed by atoms with Crippen molar-refractivity contribution in [2.75, 3.05) is 19.0 Å². The Morgan fingerprint density at radius 3 is 2.58 bits per heavy atom. The van der Waals surface area contributed by atoms with E-state index in [1.54, 1.807) is 7.11 Å². The number of methoxy groups -OCH3 is 1. The quantitative estimate of drug-likeness (QED) is 0.832. The van der Waals surface area contributed by atoms with Gasteiger partial charge in [-0.1, -0.05) is 39.0 Å². The van der Waals surface area contributed by atoms with Crippen molar-refractivity contribution in [2.24, 2.45) is 11.7 Å². The van der Waals surface area contributed by atoms with E-state index >= 15 is 0 Å². The number of carbonyl (C=O) groups excluding carboxylic acids is 1. The van der Waals surface area contributed by atoms with Crippen molar-refractivity contribution >= 4 is 11.6 Å². The van der Waals surface area contributed by atoms with E-state index in [0.29, 0.717) is 19.6 Å². The Morgan fingerprint density at radius 2 is 2.00 bits per heavy atom. The summed E-state index contributed by atoms with van der Waals surface area (Å²) in [6.07, 6.45) is 0.451. The monoisotopic (exact) mass is 266 g/mol. The van der Waals surface area contributed by atoms with Gasteiger partial charge in [-0.3, -0.25) is 4.79 Å². The fourth-order valence-electron chi connectivity index (χ4n) is 1.68. The molecule has 0 bridgehead atoms. The van der Waals surface area contributed by atoms with Crippen LogP contribution < -0.4 is 11.1 Å². The molecule has 0 saturated carbocycles. The van der Waals surface area contributed by atoms with Crippen LogP contribution in [0.15, 0.2) is 24.3 Å². The van der Waals surface area contributed by atoms with Gasteiger partial charge < -0.3 is 15.8 Å². The van der Waals surface area contributed by atoms with Gasteiger partial charge in [0.15, 0.2) is 0 Å². The van der Waals surface area contributed by atoms with Crippen LogP contribution in [0.1, 0.15) is 32.8 Å².